The molecule has 0 aromatic heterocycles. The van der Waals surface area contributed by atoms with Gasteiger partial charge in [0.25, 0.3) is 0 Å². The summed E-state index contributed by atoms with van der Waals surface area (Å²) in [5.74, 6) is 2.69. The van der Waals surface area contributed by atoms with Crippen LogP contribution in [0.5, 0.6) is 5.75 Å². The van der Waals surface area contributed by atoms with E-state index in [1.807, 2.05) is 36.0 Å². The van der Waals surface area contributed by atoms with Crippen molar-refractivity contribution >= 4 is 23.4 Å². The molecule has 0 saturated carbocycles. The second kappa shape index (κ2) is 7.58. The first kappa shape index (κ1) is 15.2. The summed E-state index contributed by atoms with van der Waals surface area (Å²) in [5.41, 5.74) is 9.11. The van der Waals surface area contributed by atoms with Gasteiger partial charge in [0.15, 0.2) is 0 Å². The van der Waals surface area contributed by atoms with Gasteiger partial charge in [-0.05, 0) is 23.3 Å². The first-order valence-electron chi connectivity index (χ1n) is 6.41. The average molecular weight is 308 g/mol. The highest BCUT2D eigenvalue weighted by Gasteiger charge is 2.04. The minimum absolute atomic E-state index is 0.496. The number of ether oxygens (including phenoxy) is 1. The number of benzene rings is 2. The second-order valence-electron chi connectivity index (χ2n) is 4.43. The third-order valence-electron chi connectivity index (χ3n) is 3.06. The molecule has 0 radical (unpaired) electrons. The van der Waals surface area contributed by atoms with Crippen molar-refractivity contribution in [3.63, 3.8) is 0 Å². The molecule has 0 heterocycles. The van der Waals surface area contributed by atoms with Crippen molar-refractivity contribution in [3.8, 4) is 5.75 Å². The predicted molar refractivity (Wildman–Crippen MR) is 87.3 cm³/mol. The van der Waals surface area contributed by atoms with Gasteiger partial charge >= 0.3 is 0 Å². The summed E-state index contributed by atoms with van der Waals surface area (Å²) in [6, 6.07) is 14.1. The Morgan fingerprint density at radius 3 is 2.60 bits per heavy atom. The van der Waals surface area contributed by atoms with Crippen LogP contribution in [0, 0.1) is 0 Å². The largest absolute Gasteiger partial charge is 0.496 e. The minimum atomic E-state index is 0.496. The molecule has 20 heavy (non-hydrogen) atoms. The van der Waals surface area contributed by atoms with Crippen LogP contribution in [0.3, 0.4) is 0 Å². The van der Waals surface area contributed by atoms with Crippen LogP contribution in [-0.4, -0.2) is 7.11 Å². The van der Waals surface area contributed by atoms with Crippen LogP contribution in [0.25, 0.3) is 0 Å². The van der Waals surface area contributed by atoms with E-state index in [0.717, 1.165) is 27.8 Å². The fourth-order valence-electron chi connectivity index (χ4n) is 1.94. The zero-order valence-electron chi connectivity index (χ0n) is 11.4. The van der Waals surface area contributed by atoms with Gasteiger partial charge in [-0.3, -0.25) is 0 Å². The molecule has 0 unspecified atom stereocenters. The number of hydrogen-bond acceptors (Lipinski definition) is 3. The number of methoxy groups -OCH3 is 1. The zero-order valence-corrected chi connectivity index (χ0v) is 13.0. The summed E-state index contributed by atoms with van der Waals surface area (Å²) in [6.07, 6.45) is 0. The SMILES string of the molecule is COc1cc(CSCc2ccccc2Cl)ccc1CN. The van der Waals surface area contributed by atoms with E-state index in [-0.39, 0.29) is 0 Å². The van der Waals surface area contributed by atoms with Crippen molar-refractivity contribution in [2.45, 2.75) is 18.1 Å². The average Bonchev–Trinajstić information content (AvgIpc) is 2.49. The van der Waals surface area contributed by atoms with Crippen molar-refractivity contribution in [1.82, 2.24) is 0 Å². The molecule has 0 spiro atoms. The number of halogens is 1. The predicted octanol–water partition coefficient (Wildman–Crippen LogP) is 4.24. The first-order valence-corrected chi connectivity index (χ1v) is 7.95. The Kier molecular flexibility index (Phi) is 5.77. The van der Waals surface area contributed by atoms with Crippen molar-refractivity contribution in [1.29, 1.82) is 0 Å². The normalized spacial score (nSPS) is 10.6. The lowest BCUT2D eigenvalue weighted by atomic mass is 10.1. The molecule has 2 N–H and O–H groups in total. The van der Waals surface area contributed by atoms with Crippen LogP contribution >= 0.6 is 23.4 Å². The van der Waals surface area contributed by atoms with E-state index in [2.05, 4.69) is 18.2 Å². The smallest absolute Gasteiger partial charge is 0.123 e. The van der Waals surface area contributed by atoms with Crippen LogP contribution < -0.4 is 10.5 Å². The molecule has 0 saturated heterocycles. The summed E-state index contributed by atoms with van der Waals surface area (Å²) < 4.78 is 5.35. The highest BCUT2D eigenvalue weighted by atomic mass is 35.5. The summed E-state index contributed by atoms with van der Waals surface area (Å²) in [4.78, 5) is 0. The maximum atomic E-state index is 6.15. The lowest BCUT2D eigenvalue weighted by Gasteiger charge is -2.09. The highest BCUT2D eigenvalue weighted by Crippen LogP contribution is 2.26. The fraction of sp³-hybridized carbons (Fsp3) is 0.250. The molecular weight excluding hydrogens is 290 g/mol. The van der Waals surface area contributed by atoms with Gasteiger partial charge in [-0.2, -0.15) is 11.8 Å². The summed E-state index contributed by atoms with van der Waals surface area (Å²) in [6.45, 7) is 0.496. The lowest BCUT2D eigenvalue weighted by molar-refractivity contribution is 0.409. The van der Waals surface area contributed by atoms with Gasteiger partial charge in [-0.15, -0.1) is 0 Å². The maximum absolute atomic E-state index is 6.15. The molecule has 0 amide bonds. The van der Waals surface area contributed by atoms with E-state index < -0.39 is 0 Å². The molecule has 0 bridgehead atoms. The highest BCUT2D eigenvalue weighted by molar-refractivity contribution is 7.97. The number of rotatable bonds is 6. The van der Waals surface area contributed by atoms with Gasteiger partial charge in [-0.1, -0.05) is 41.9 Å². The Hall–Kier alpha value is -1.16. The molecule has 2 aromatic rings. The molecule has 0 aliphatic carbocycles. The van der Waals surface area contributed by atoms with Crippen LogP contribution in [0.4, 0.5) is 0 Å². The summed E-state index contributed by atoms with van der Waals surface area (Å²) in [7, 11) is 1.68. The van der Waals surface area contributed by atoms with Crippen LogP contribution in [0.2, 0.25) is 5.02 Å². The Balaban J connectivity index is 1.96. The number of nitrogens with two attached hydrogens (primary N) is 1. The zero-order chi connectivity index (χ0) is 14.4. The van der Waals surface area contributed by atoms with E-state index in [4.69, 9.17) is 22.1 Å². The summed E-state index contributed by atoms with van der Waals surface area (Å²) in [5, 5.41) is 0.830. The van der Waals surface area contributed by atoms with E-state index in [9.17, 15) is 0 Å². The quantitative estimate of drug-likeness (QED) is 0.867. The topological polar surface area (TPSA) is 35.2 Å². The van der Waals surface area contributed by atoms with Crippen LogP contribution in [0.1, 0.15) is 16.7 Å². The van der Waals surface area contributed by atoms with Crippen molar-refractivity contribution < 1.29 is 4.74 Å². The van der Waals surface area contributed by atoms with Gasteiger partial charge in [0.2, 0.25) is 0 Å². The van der Waals surface area contributed by atoms with Gasteiger partial charge in [0.1, 0.15) is 5.75 Å². The van der Waals surface area contributed by atoms with E-state index >= 15 is 0 Å². The molecule has 2 nitrogen and oxygen atoms in total. The Morgan fingerprint density at radius 1 is 1.10 bits per heavy atom. The molecule has 4 heteroatoms. The maximum Gasteiger partial charge on any atom is 0.123 e. The Morgan fingerprint density at radius 2 is 1.90 bits per heavy atom. The minimum Gasteiger partial charge on any atom is -0.496 e. The second-order valence-corrected chi connectivity index (χ2v) is 5.83. The van der Waals surface area contributed by atoms with Gasteiger partial charge in [-0.25, -0.2) is 0 Å². The molecule has 2 rings (SSSR count). The van der Waals surface area contributed by atoms with Crippen LogP contribution in [-0.2, 0) is 18.1 Å². The van der Waals surface area contributed by atoms with Gasteiger partial charge in [0.05, 0.1) is 7.11 Å². The van der Waals surface area contributed by atoms with E-state index in [1.54, 1.807) is 7.11 Å². The standard InChI is InChI=1S/C16H18ClNOS/c1-19-16-8-12(6-7-13(16)9-18)10-20-11-14-4-2-3-5-15(14)17/h2-8H,9-11,18H2,1H3. The molecular formula is C16H18ClNOS. The van der Waals surface area contributed by atoms with Crippen molar-refractivity contribution in [3.05, 3.63) is 64.2 Å². The number of hydrogen-bond donors (Lipinski definition) is 1. The fourth-order valence-corrected chi connectivity index (χ4v) is 3.21. The molecule has 2 aromatic carbocycles. The third kappa shape index (κ3) is 3.92. The monoisotopic (exact) mass is 307 g/mol. The van der Waals surface area contributed by atoms with Crippen LogP contribution in [0.15, 0.2) is 42.5 Å². The van der Waals surface area contributed by atoms with E-state index in [0.29, 0.717) is 6.54 Å². The molecule has 0 fully saturated rings. The Labute approximate surface area is 129 Å². The lowest BCUT2D eigenvalue weighted by Crippen LogP contribution is -2.00. The van der Waals surface area contributed by atoms with Crippen molar-refractivity contribution in [2.75, 3.05) is 7.11 Å². The number of thioether (sulfide) groups is 1. The Bertz CT molecular complexity index is 574. The van der Waals surface area contributed by atoms with E-state index in [1.165, 1.54) is 11.1 Å². The van der Waals surface area contributed by atoms with Crippen molar-refractivity contribution in [2.24, 2.45) is 5.73 Å². The third-order valence-corrected chi connectivity index (χ3v) is 4.48. The van der Waals surface area contributed by atoms with Gasteiger partial charge in [0, 0.05) is 28.6 Å². The molecule has 0 aliphatic rings. The molecule has 0 aliphatic heterocycles. The molecule has 0 atom stereocenters. The van der Waals surface area contributed by atoms with Gasteiger partial charge < -0.3 is 10.5 Å². The summed E-state index contributed by atoms with van der Waals surface area (Å²) >= 11 is 7.98. The molecule has 106 valence electrons. The first-order chi connectivity index (χ1) is 9.74.